The summed E-state index contributed by atoms with van der Waals surface area (Å²) in [6.07, 6.45) is 0.857. The largest absolute Gasteiger partial charge is 0.418 e. The van der Waals surface area contributed by atoms with Gasteiger partial charge in [0.15, 0.2) is 5.16 Å². The van der Waals surface area contributed by atoms with Crippen LogP contribution >= 0.6 is 23.1 Å². The van der Waals surface area contributed by atoms with E-state index in [4.69, 9.17) is 9.40 Å². The lowest BCUT2D eigenvalue weighted by Gasteiger charge is -2.20. The molecule has 156 valence electrons. The Balaban J connectivity index is 1.44. The highest BCUT2D eigenvalue weighted by Gasteiger charge is 2.19. The fraction of sp³-hybridized carbons (Fsp3) is 0.333. The number of aromatic nitrogens is 4. The van der Waals surface area contributed by atoms with Crippen LogP contribution in [0.4, 0.5) is 0 Å². The second-order valence-electron chi connectivity index (χ2n) is 6.71. The fourth-order valence-corrected chi connectivity index (χ4v) is 4.85. The summed E-state index contributed by atoms with van der Waals surface area (Å²) in [6.45, 7) is 5.90. The molecule has 0 aliphatic heterocycles. The average Bonchev–Trinajstić information content (AvgIpc) is 3.50. The highest BCUT2D eigenvalue weighted by Crippen LogP contribution is 2.25. The Kier molecular flexibility index (Phi) is 6.49. The van der Waals surface area contributed by atoms with Gasteiger partial charge in [-0.1, -0.05) is 36.9 Å². The lowest BCUT2D eigenvalue weighted by Crippen LogP contribution is -2.32. The SMILES string of the molecule is CCCN(Cc1nnc(-c2cccs2)o1)C(=O)CSc1nc2ccccc2n1CC. The molecule has 0 bridgehead atoms. The van der Waals surface area contributed by atoms with Crippen LogP contribution in [0.5, 0.6) is 0 Å². The minimum absolute atomic E-state index is 0.0347. The molecule has 0 fully saturated rings. The third-order valence-corrected chi connectivity index (χ3v) is 6.45. The van der Waals surface area contributed by atoms with Gasteiger partial charge in [-0.25, -0.2) is 4.98 Å². The monoisotopic (exact) mass is 441 g/mol. The number of aryl methyl sites for hydroxylation is 1. The quantitative estimate of drug-likeness (QED) is 0.351. The maximum absolute atomic E-state index is 12.9. The molecular weight excluding hydrogens is 418 g/mol. The average molecular weight is 442 g/mol. The number of fused-ring (bicyclic) bond motifs is 1. The van der Waals surface area contributed by atoms with Crippen molar-refractivity contribution >= 4 is 40.0 Å². The van der Waals surface area contributed by atoms with Crippen LogP contribution in [-0.2, 0) is 17.9 Å². The van der Waals surface area contributed by atoms with E-state index in [-0.39, 0.29) is 5.91 Å². The molecule has 9 heteroatoms. The summed E-state index contributed by atoms with van der Waals surface area (Å²) in [5.41, 5.74) is 2.04. The Bertz CT molecular complexity index is 1120. The standard InChI is InChI=1S/C21H23N5O2S2/c1-3-11-25(13-18-23-24-20(28-18)17-10-7-12-29-17)19(27)14-30-21-22-15-8-5-6-9-16(15)26(21)4-2/h5-10,12H,3-4,11,13-14H2,1-2H3. The van der Waals surface area contributed by atoms with Crippen LogP contribution < -0.4 is 0 Å². The Hall–Kier alpha value is -2.65. The second kappa shape index (κ2) is 9.44. The summed E-state index contributed by atoms with van der Waals surface area (Å²) in [4.78, 5) is 20.3. The third kappa shape index (κ3) is 4.41. The summed E-state index contributed by atoms with van der Waals surface area (Å²) in [7, 11) is 0. The number of hydrogen-bond acceptors (Lipinski definition) is 7. The van der Waals surface area contributed by atoms with Gasteiger partial charge >= 0.3 is 0 Å². The maximum atomic E-state index is 12.9. The van der Waals surface area contributed by atoms with Crippen molar-refractivity contribution in [1.29, 1.82) is 0 Å². The highest BCUT2D eigenvalue weighted by atomic mass is 32.2. The van der Waals surface area contributed by atoms with Crippen molar-refractivity contribution in [2.45, 2.75) is 38.5 Å². The summed E-state index contributed by atoms with van der Waals surface area (Å²) in [6, 6.07) is 11.9. The number of carbonyl (C=O) groups excluding carboxylic acids is 1. The zero-order valence-electron chi connectivity index (χ0n) is 16.9. The number of nitrogens with zero attached hydrogens (tertiary/aromatic N) is 5. The molecule has 0 radical (unpaired) electrons. The van der Waals surface area contributed by atoms with Crippen molar-refractivity contribution in [2.75, 3.05) is 12.3 Å². The molecule has 0 saturated heterocycles. The molecule has 0 aliphatic rings. The number of para-hydroxylation sites is 2. The topological polar surface area (TPSA) is 77.1 Å². The second-order valence-corrected chi connectivity index (χ2v) is 8.60. The van der Waals surface area contributed by atoms with Crippen LogP contribution in [0.25, 0.3) is 21.8 Å². The molecule has 3 heterocycles. The molecule has 1 aromatic carbocycles. The third-order valence-electron chi connectivity index (χ3n) is 4.63. The van der Waals surface area contributed by atoms with Gasteiger partial charge in [-0.2, -0.15) is 0 Å². The number of thioether (sulfide) groups is 1. The first-order valence-electron chi connectivity index (χ1n) is 9.91. The number of carbonyl (C=O) groups is 1. The Morgan fingerprint density at radius 1 is 1.20 bits per heavy atom. The zero-order valence-corrected chi connectivity index (χ0v) is 18.6. The van der Waals surface area contributed by atoms with E-state index in [1.807, 2.05) is 35.7 Å². The fourth-order valence-electron chi connectivity index (χ4n) is 3.23. The van der Waals surface area contributed by atoms with Gasteiger partial charge in [0.05, 0.1) is 28.2 Å². The molecule has 4 aromatic rings. The molecule has 0 spiro atoms. The Labute approximate surface area is 183 Å². The Morgan fingerprint density at radius 3 is 2.83 bits per heavy atom. The van der Waals surface area contributed by atoms with Gasteiger partial charge in [0.2, 0.25) is 11.8 Å². The summed E-state index contributed by atoms with van der Waals surface area (Å²) < 4.78 is 7.91. The molecule has 0 unspecified atom stereocenters. The van der Waals surface area contributed by atoms with Crippen LogP contribution in [-0.4, -0.2) is 42.9 Å². The van der Waals surface area contributed by atoms with E-state index in [0.29, 0.717) is 30.6 Å². The van der Waals surface area contributed by atoms with E-state index in [2.05, 4.69) is 34.7 Å². The van der Waals surface area contributed by atoms with Gasteiger partial charge in [-0.05, 0) is 36.9 Å². The number of thiophene rings is 1. The van der Waals surface area contributed by atoms with Crippen molar-refractivity contribution in [3.8, 4) is 10.8 Å². The molecule has 0 aliphatic carbocycles. The lowest BCUT2D eigenvalue weighted by atomic mass is 10.3. The van der Waals surface area contributed by atoms with Gasteiger partial charge < -0.3 is 13.9 Å². The number of benzene rings is 1. The van der Waals surface area contributed by atoms with Crippen LogP contribution in [0.15, 0.2) is 51.4 Å². The van der Waals surface area contributed by atoms with Gasteiger partial charge in [0, 0.05) is 13.1 Å². The molecule has 0 saturated carbocycles. The molecular formula is C21H23N5O2S2. The Morgan fingerprint density at radius 2 is 2.07 bits per heavy atom. The first kappa shape index (κ1) is 20.6. The van der Waals surface area contributed by atoms with E-state index in [9.17, 15) is 4.79 Å². The number of amides is 1. The van der Waals surface area contributed by atoms with Crippen molar-refractivity contribution < 1.29 is 9.21 Å². The van der Waals surface area contributed by atoms with E-state index in [0.717, 1.165) is 34.0 Å². The van der Waals surface area contributed by atoms with E-state index in [1.165, 1.54) is 11.8 Å². The minimum Gasteiger partial charge on any atom is -0.418 e. The van der Waals surface area contributed by atoms with Gasteiger partial charge in [-0.3, -0.25) is 4.79 Å². The number of rotatable bonds is 9. The molecule has 3 aromatic heterocycles. The number of hydrogen-bond donors (Lipinski definition) is 0. The molecule has 0 atom stereocenters. The predicted molar refractivity (Wildman–Crippen MR) is 119 cm³/mol. The van der Waals surface area contributed by atoms with Gasteiger partial charge in [-0.15, -0.1) is 21.5 Å². The van der Waals surface area contributed by atoms with Crippen molar-refractivity contribution in [1.82, 2.24) is 24.6 Å². The van der Waals surface area contributed by atoms with E-state index in [1.54, 1.807) is 16.2 Å². The van der Waals surface area contributed by atoms with Crippen molar-refractivity contribution in [2.24, 2.45) is 0 Å². The normalized spacial score (nSPS) is 11.3. The van der Waals surface area contributed by atoms with E-state index >= 15 is 0 Å². The van der Waals surface area contributed by atoms with Crippen LogP contribution in [0.3, 0.4) is 0 Å². The van der Waals surface area contributed by atoms with Gasteiger partial charge in [0.25, 0.3) is 5.89 Å². The van der Waals surface area contributed by atoms with Crippen molar-refractivity contribution in [3.63, 3.8) is 0 Å². The summed E-state index contributed by atoms with van der Waals surface area (Å²) >= 11 is 3.02. The molecule has 0 N–H and O–H groups in total. The van der Waals surface area contributed by atoms with Crippen LogP contribution in [0.2, 0.25) is 0 Å². The van der Waals surface area contributed by atoms with Crippen LogP contribution in [0.1, 0.15) is 26.2 Å². The lowest BCUT2D eigenvalue weighted by molar-refractivity contribution is -0.129. The maximum Gasteiger partial charge on any atom is 0.257 e. The molecule has 1 amide bonds. The molecule has 4 rings (SSSR count). The first-order valence-corrected chi connectivity index (χ1v) is 11.8. The minimum atomic E-state index is 0.0347. The summed E-state index contributed by atoms with van der Waals surface area (Å²) in [5, 5.41) is 11.1. The highest BCUT2D eigenvalue weighted by molar-refractivity contribution is 7.99. The summed E-state index contributed by atoms with van der Waals surface area (Å²) in [5.74, 6) is 1.29. The van der Waals surface area contributed by atoms with Crippen LogP contribution in [0, 0.1) is 0 Å². The number of imidazole rings is 1. The van der Waals surface area contributed by atoms with E-state index < -0.39 is 0 Å². The molecule has 7 nitrogen and oxygen atoms in total. The zero-order chi connectivity index (χ0) is 20.9. The smallest absolute Gasteiger partial charge is 0.257 e. The molecule has 30 heavy (non-hydrogen) atoms. The van der Waals surface area contributed by atoms with Crippen molar-refractivity contribution in [3.05, 3.63) is 47.7 Å². The first-order chi connectivity index (χ1) is 14.7. The predicted octanol–water partition coefficient (Wildman–Crippen LogP) is 4.70. The van der Waals surface area contributed by atoms with Gasteiger partial charge in [0.1, 0.15) is 0 Å².